The van der Waals surface area contributed by atoms with Crippen LogP contribution in [-0.2, 0) is 9.47 Å². The summed E-state index contributed by atoms with van der Waals surface area (Å²) in [6, 6.07) is 0.541. The van der Waals surface area contributed by atoms with Gasteiger partial charge in [-0.1, -0.05) is 20.3 Å². The van der Waals surface area contributed by atoms with Crippen molar-refractivity contribution in [1.29, 1.82) is 0 Å². The molecular formula is C20H37N3O2. The summed E-state index contributed by atoms with van der Waals surface area (Å²) >= 11 is 0. The molecule has 2 aliphatic carbocycles. The van der Waals surface area contributed by atoms with E-state index >= 15 is 0 Å². The van der Waals surface area contributed by atoms with Crippen LogP contribution < -0.4 is 10.6 Å². The topological polar surface area (TPSA) is 54.9 Å². The molecule has 5 nitrogen and oxygen atoms in total. The summed E-state index contributed by atoms with van der Waals surface area (Å²) in [6.45, 7) is 12.1. The minimum absolute atomic E-state index is 0.297. The van der Waals surface area contributed by atoms with Gasteiger partial charge < -0.3 is 20.1 Å². The molecule has 0 aromatic heterocycles. The average molecular weight is 352 g/mol. The van der Waals surface area contributed by atoms with Gasteiger partial charge in [-0.25, -0.2) is 0 Å². The normalized spacial score (nSPS) is 31.4. The van der Waals surface area contributed by atoms with Crippen molar-refractivity contribution in [2.24, 2.45) is 22.2 Å². The fourth-order valence-corrected chi connectivity index (χ4v) is 5.05. The maximum Gasteiger partial charge on any atom is 0.191 e. The van der Waals surface area contributed by atoms with E-state index in [0.29, 0.717) is 35.5 Å². The molecule has 0 aromatic rings. The second kappa shape index (κ2) is 8.26. The predicted molar refractivity (Wildman–Crippen MR) is 102 cm³/mol. The van der Waals surface area contributed by atoms with Crippen LogP contribution in [0.3, 0.4) is 0 Å². The first-order valence-corrected chi connectivity index (χ1v) is 10.4. The Kier molecular flexibility index (Phi) is 6.26. The number of guanidine groups is 1. The molecule has 3 aliphatic rings. The summed E-state index contributed by atoms with van der Waals surface area (Å²) in [5.41, 5.74) is 0.392. The molecule has 3 fully saturated rings. The van der Waals surface area contributed by atoms with Crippen LogP contribution in [0.25, 0.3) is 0 Å². The van der Waals surface area contributed by atoms with Crippen LogP contribution in [0.5, 0.6) is 0 Å². The van der Waals surface area contributed by atoms with E-state index in [1.165, 1.54) is 25.7 Å². The van der Waals surface area contributed by atoms with Crippen LogP contribution in [0, 0.1) is 17.3 Å². The van der Waals surface area contributed by atoms with Crippen LogP contribution in [0.1, 0.15) is 59.8 Å². The van der Waals surface area contributed by atoms with Gasteiger partial charge in [0.05, 0.1) is 12.2 Å². The Morgan fingerprint density at radius 3 is 2.72 bits per heavy atom. The van der Waals surface area contributed by atoms with Gasteiger partial charge in [0.25, 0.3) is 0 Å². The molecule has 4 unspecified atom stereocenters. The molecule has 2 N–H and O–H groups in total. The van der Waals surface area contributed by atoms with Gasteiger partial charge in [-0.3, -0.25) is 4.99 Å². The third-order valence-corrected chi connectivity index (χ3v) is 6.48. The minimum atomic E-state index is 0.297. The first kappa shape index (κ1) is 19.0. The average Bonchev–Trinajstić information content (AvgIpc) is 2.95. The van der Waals surface area contributed by atoms with Gasteiger partial charge >= 0.3 is 0 Å². The number of ether oxygens (including phenoxy) is 2. The predicted octanol–water partition coefficient (Wildman–Crippen LogP) is 2.95. The smallest absolute Gasteiger partial charge is 0.191 e. The Labute approximate surface area is 153 Å². The fourth-order valence-electron chi connectivity index (χ4n) is 5.05. The number of fused-ring (bicyclic) bond motifs is 2. The second-order valence-corrected chi connectivity index (χ2v) is 8.24. The van der Waals surface area contributed by atoms with Gasteiger partial charge in [0.2, 0.25) is 0 Å². The maximum atomic E-state index is 6.03. The number of rotatable bonds is 8. The Morgan fingerprint density at radius 2 is 2.12 bits per heavy atom. The summed E-state index contributed by atoms with van der Waals surface area (Å²) < 4.78 is 11.9. The molecule has 1 heterocycles. The molecule has 4 atom stereocenters. The van der Waals surface area contributed by atoms with Crippen molar-refractivity contribution in [3.05, 3.63) is 0 Å². The van der Waals surface area contributed by atoms with Crippen LogP contribution in [0.4, 0.5) is 0 Å². The molecule has 0 amide bonds. The number of hydrogen-bond donors (Lipinski definition) is 2. The number of nitrogens with one attached hydrogen (secondary N) is 2. The molecule has 0 bridgehead atoms. The molecule has 5 heteroatoms. The molecule has 0 radical (unpaired) electrons. The molecule has 1 saturated heterocycles. The van der Waals surface area contributed by atoms with E-state index in [1.54, 1.807) is 0 Å². The summed E-state index contributed by atoms with van der Waals surface area (Å²) in [4.78, 5) is 4.85. The molecule has 1 aliphatic heterocycles. The first-order chi connectivity index (χ1) is 12.1. The van der Waals surface area contributed by atoms with Crippen LogP contribution in [-0.4, -0.2) is 50.5 Å². The van der Waals surface area contributed by atoms with Crippen molar-refractivity contribution in [3.8, 4) is 0 Å². The first-order valence-electron chi connectivity index (χ1n) is 10.4. The van der Waals surface area contributed by atoms with Gasteiger partial charge in [0.15, 0.2) is 5.96 Å². The SMILES string of the molecule is CCNC(=NCCC(OCC)C(C)C)NC1C2CCOC2C12CCC2. The van der Waals surface area contributed by atoms with Crippen molar-refractivity contribution in [2.75, 3.05) is 26.3 Å². The highest BCUT2D eigenvalue weighted by molar-refractivity contribution is 5.80. The van der Waals surface area contributed by atoms with Crippen LogP contribution in [0.2, 0.25) is 0 Å². The quantitative estimate of drug-likeness (QED) is 0.521. The van der Waals surface area contributed by atoms with Gasteiger partial charge in [0, 0.05) is 43.7 Å². The van der Waals surface area contributed by atoms with E-state index in [4.69, 9.17) is 14.5 Å². The monoisotopic (exact) mass is 351 g/mol. The summed E-state index contributed by atoms with van der Waals surface area (Å²) in [5, 5.41) is 7.21. The summed E-state index contributed by atoms with van der Waals surface area (Å²) in [7, 11) is 0. The van der Waals surface area contributed by atoms with E-state index in [1.807, 2.05) is 0 Å². The van der Waals surface area contributed by atoms with E-state index in [0.717, 1.165) is 38.7 Å². The Balaban J connectivity index is 1.57. The van der Waals surface area contributed by atoms with E-state index in [-0.39, 0.29) is 0 Å². The number of nitrogens with zero attached hydrogens (tertiary/aromatic N) is 1. The van der Waals surface area contributed by atoms with Crippen molar-refractivity contribution >= 4 is 5.96 Å². The lowest BCUT2D eigenvalue weighted by Crippen LogP contribution is -2.72. The lowest BCUT2D eigenvalue weighted by atomic mass is 9.46. The number of hydrogen-bond acceptors (Lipinski definition) is 3. The zero-order valence-corrected chi connectivity index (χ0v) is 16.5. The van der Waals surface area contributed by atoms with Crippen LogP contribution >= 0.6 is 0 Å². The van der Waals surface area contributed by atoms with Gasteiger partial charge in [-0.2, -0.15) is 0 Å². The molecule has 25 heavy (non-hydrogen) atoms. The molecule has 144 valence electrons. The zero-order chi connectivity index (χ0) is 17.9. The standard InChI is InChI=1S/C20H37N3O2/c1-5-21-19(22-12-8-16(14(3)4)24-6-2)23-17-15-9-13-25-18(15)20(17)10-7-11-20/h14-18H,5-13H2,1-4H3,(H2,21,22,23). The number of aliphatic imine (C=N–C) groups is 1. The van der Waals surface area contributed by atoms with Gasteiger partial charge in [0.1, 0.15) is 0 Å². The molecule has 2 saturated carbocycles. The van der Waals surface area contributed by atoms with Crippen LogP contribution in [0.15, 0.2) is 4.99 Å². The van der Waals surface area contributed by atoms with E-state index < -0.39 is 0 Å². The second-order valence-electron chi connectivity index (χ2n) is 8.24. The maximum absolute atomic E-state index is 6.03. The third-order valence-electron chi connectivity index (χ3n) is 6.48. The zero-order valence-electron chi connectivity index (χ0n) is 16.5. The van der Waals surface area contributed by atoms with E-state index in [2.05, 4.69) is 38.3 Å². The largest absolute Gasteiger partial charge is 0.378 e. The highest BCUT2D eigenvalue weighted by atomic mass is 16.5. The van der Waals surface area contributed by atoms with E-state index in [9.17, 15) is 0 Å². The molecular weight excluding hydrogens is 314 g/mol. The highest BCUT2D eigenvalue weighted by Gasteiger charge is 2.66. The lowest BCUT2D eigenvalue weighted by molar-refractivity contribution is -0.171. The summed E-state index contributed by atoms with van der Waals surface area (Å²) in [6.07, 6.45) is 6.95. The molecule has 1 spiro atoms. The lowest BCUT2D eigenvalue weighted by Gasteiger charge is -2.63. The van der Waals surface area contributed by atoms with Crippen molar-refractivity contribution in [2.45, 2.75) is 78.0 Å². The third kappa shape index (κ3) is 3.68. The van der Waals surface area contributed by atoms with Crippen molar-refractivity contribution in [1.82, 2.24) is 10.6 Å². The molecule has 3 rings (SSSR count). The Hall–Kier alpha value is -0.810. The van der Waals surface area contributed by atoms with Gasteiger partial charge in [-0.15, -0.1) is 0 Å². The Morgan fingerprint density at radius 1 is 1.32 bits per heavy atom. The van der Waals surface area contributed by atoms with Gasteiger partial charge in [-0.05, 0) is 45.4 Å². The highest BCUT2D eigenvalue weighted by Crippen LogP contribution is 2.62. The minimum Gasteiger partial charge on any atom is -0.378 e. The van der Waals surface area contributed by atoms with Crippen molar-refractivity contribution in [3.63, 3.8) is 0 Å². The Bertz CT molecular complexity index is 462. The summed E-state index contributed by atoms with van der Waals surface area (Å²) in [5.74, 6) is 2.19. The molecule has 0 aromatic carbocycles. The van der Waals surface area contributed by atoms with Crippen molar-refractivity contribution < 1.29 is 9.47 Å². The fraction of sp³-hybridized carbons (Fsp3) is 0.950.